The fourth-order valence-electron chi connectivity index (χ4n) is 3.25. The van der Waals surface area contributed by atoms with Crippen molar-refractivity contribution in [2.45, 2.75) is 38.5 Å². The Bertz CT molecular complexity index is 731. The summed E-state index contributed by atoms with van der Waals surface area (Å²) in [5, 5.41) is 2.85. The maximum absolute atomic E-state index is 13.3. The third-order valence-corrected chi connectivity index (χ3v) is 4.62. The highest BCUT2D eigenvalue weighted by Crippen LogP contribution is 2.29. The van der Waals surface area contributed by atoms with Crippen molar-refractivity contribution >= 4 is 11.8 Å². The number of nitrogens with two attached hydrogens (primary N) is 1. The van der Waals surface area contributed by atoms with Gasteiger partial charge in [0.15, 0.2) is 0 Å². The van der Waals surface area contributed by atoms with Gasteiger partial charge in [-0.2, -0.15) is 0 Å². The van der Waals surface area contributed by atoms with E-state index in [-0.39, 0.29) is 42.2 Å². The summed E-state index contributed by atoms with van der Waals surface area (Å²) in [7, 11) is 0. The average molecular weight is 388 g/mol. The van der Waals surface area contributed by atoms with Gasteiger partial charge >= 0.3 is 0 Å². The van der Waals surface area contributed by atoms with Crippen LogP contribution in [0.4, 0.5) is 8.78 Å². The molecule has 1 atom stereocenters. The van der Waals surface area contributed by atoms with Crippen LogP contribution in [0.5, 0.6) is 0 Å². The number of carbonyl (C=O) groups excluding carboxylic acids is 2. The van der Waals surface area contributed by atoms with Crippen LogP contribution in [0.25, 0.3) is 0 Å². The molecule has 4 nitrogen and oxygen atoms in total. The highest BCUT2D eigenvalue weighted by atomic mass is 19.1. The molecule has 0 aromatic heterocycles. The molecule has 3 N–H and O–H groups in total. The third-order valence-electron chi connectivity index (χ3n) is 4.62. The first-order valence-corrected chi connectivity index (χ1v) is 9.41. The van der Waals surface area contributed by atoms with Crippen LogP contribution in [0.3, 0.4) is 0 Å². The van der Waals surface area contributed by atoms with Gasteiger partial charge < -0.3 is 11.1 Å². The smallest absolute Gasteiger partial charge is 0.220 e. The molecular weight excluding hydrogens is 362 g/mol. The molecule has 28 heavy (non-hydrogen) atoms. The van der Waals surface area contributed by atoms with Crippen LogP contribution in [0.15, 0.2) is 48.5 Å². The SMILES string of the molecule is CC(CC(N)=O)CC(=O)NCCCC(c1ccc(F)cc1)c1ccc(F)cc1. The molecule has 0 saturated carbocycles. The van der Waals surface area contributed by atoms with Gasteiger partial charge in [0, 0.05) is 25.3 Å². The van der Waals surface area contributed by atoms with Crippen molar-refractivity contribution < 1.29 is 18.4 Å². The van der Waals surface area contributed by atoms with Crippen LogP contribution >= 0.6 is 0 Å². The Kier molecular flexibility index (Phi) is 8.11. The molecular formula is C22H26F2N2O2. The van der Waals surface area contributed by atoms with E-state index in [1.165, 1.54) is 24.3 Å². The molecule has 0 radical (unpaired) electrons. The summed E-state index contributed by atoms with van der Waals surface area (Å²) in [5.74, 6) is -1.26. The van der Waals surface area contributed by atoms with Crippen molar-refractivity contribution in [2.24, 2.45) is 11.7 Å². The maximum atomic E-state index is 13.3. The lowest BCUT2D eigenvalue weighted by Crippen LogP contribution is -2.27. The molecule has 0 aliphatic rings. The van der Waals surface area contributed by atoms with Crippen LogP contribution in [0.2, 0.25) is 0 Å². The molecule has 0 aliphatic carbocycles. The van der Waals surface area contributed by atoms with Crippen molar-refractivity contribution in [3.05, 3.63) is 71.3 Å². The second kappa shape index (κ2) is 10.5. The molecule has 2 aromatic carbocycles. The minimum absolute atomic E-state index is 0.0214. The number of halogens is 2. The average Bonchev–Trinajstić information content (AvgIpc) is 2.63. The minimum Gasteiger partial charge on any atom is -0.370 e. The Morgan fingerprint density at radius 2 is 1.43 bits per heavy atom. The zero-order valence-corrected chi connectivity index (χ0v) is 16.0. The second-order valence-electron chi connectivity index (χ2n) is 7.13. The summed E-state index contributed by atoms with van der Waals surface area (Å²) in [4.78, 5) is 22.8. The standard InChI is InChI=1S/C22H26F2N2O2/c1-15(13-21(25)27)14-22(28)26-12-2-3-20(16-4-8-18(23)9-5-16)17-6-10-19(24)11-7-17/h4-11,15,20H,2-3,12-14H2,1H3,(H2,25,27)(H,26,28). The first-order chi connectivity index (χ1) is 13.3. The highest BCUT2D eigenvalue weighted by molar-refractivity contribution is 5.78. The van der Waals surface area contributed by atoms with Gasteiger partial charge in [-0.15, -0.1) is 0 Å². The largest absolute Gasteiger partial charge is 0.370 e. The molecule has 0 saturated heterocycles. The van der Waals surface area contributed by atoms with E-state index >= 15 is 0 Å². The number of carbonyl (C=O) groups is 2. The summed E-state index contributed by atoms with van der Waals surface area (Å²) >= 11 is 0. The summed E-state index contributed by atoms with van der Waals surface area (Å²) in [6.07, 6.45) is 1.86. The Morgan fingerprint density at radius 1 is 0.929 bits per heavy atom. The second-order valence-corrected chi connectivity index (χ2v) is 7.13. The highest BCUT2D eigenvalue weighted by Gasteiger charge is 2.15. The molecule has 150 valence electrons. The van der Waals surface area contributed by atoms with Gasteiger partial charge in [-0.3, -0.25) is 9.59 Å². The van der Waals surface area contributed by atoms with Gasteiger partial charge in [0.05, 0.1) is 0 Å². The van der Waals surface area contributed by atoms with E-state index in [0.717, 1.165) is 11.1 Å². The van der Waals surface area contributed by atoms with E-state index in [4.69, 9.17) is 5.73 Å². The van der Waals surface area contributed by atoms with Gasteiger partial charge in [-0.1, -0.05) is 31.2 Å². The molecule has 0 aliphatic heterocycles. The summed E-state index contributed by atoms with van der Waals surface area (Å²) in [5.41, 5.74) is 7.01. The lowest BCUT2D eigenvalue weighted by Gasteiger charge is -2.18. The van der Waals surface area contributed by atoms with Crippen LogP contribution in [0, 0.1) is 17.6 Å². The summed E-state index contributed by atoms with van der Waals surface area (Å²) in [6, 6.07) is 12.6. The summed E-state index contributed by atoms with van der Waals surface area (Å²) in [6.45, 7) is 2.30. The van der Waals surface area contributed by atoms with E-state index in [1.807, 2.05) is 6.92 Å². The van der Waals surface area contributed by atoms with E-state index in [2.05, 4.69) is 5.32 Å². The van der Waals surface area contributed by atoms with Gasteiger partial charge in [0.2, 0.25) is 11.8 Å². The van der Waals surface area contributed by atoms with E-state index in [9.17, 15) is 18.4 Å². The van der Waals surface area contributed by atoms with Crippen molar-refractivity contribution in [1.82, 2.24) is 5.32 Å². The molecule has 0 heterocycles. The number of rotatable bonds is 10. The van der Waals surface area contributed by atoms with E-state index in [1.54, 1.807) is 24.3 Å². The van der Waals surface area contributed by atoms with Crippen molar-refractivity contribution in [3.63, 3.8) is 0 Å². The van der Waals surface area contributed by atoms with E-state index in [0.29, 0.717) is 19.4 Å². The van der Waals surface area contributed by atoms with E-state index < -0.39 is 5.91 Å². The molecule has 6 heteroatoms. The zero-order valence-electron chi connectivity index (χ0n) is 16.0. The van der Waals surface area contributed by atoms with Gasteiger partial charge in [-0.05, 0) is 54.2 Å². The Morgan fingerprint density at radius 3 is 1.89 bits per heavy atom. The van der Waals surface area contributed by atoms with Gasteiger partial charge in [0.25, 0.3) is 0 Å². The molecule has 2 aromatic rings. The zero-order chi connectivity index (χ0) is 20.5. The molecule has 0 fully saturated rings. The van der Waals surface area contributed by atoms with Crippen LogP contribution < -0.4 is 11.1 Å². The Balaban J connectivity index is 1.92. The van der Waals surface area contributed by atoms with Gasteiger partial charge in [-0.25, -0.2) is 8.78 Å². The molecule has 2 amide bonds. The number of hydrogen-bond donors (Lipinski definition) is 2. The maximum Gasteiger partial charge on any atom is 0.220 e. The number of hydrogen-bond acceptors (Lipinski definition) is 2. The number of primary amides is 1. The minimum atomic E-state index is -0.415. The molecule has 1 unspecified atom stereocenters. The van der Waals surface area contributed by atoms with Crippen LogP contribution in [-0.4, -0.2) is 18.4 Å². The fraction of sp³-hybridized carbons (Fsp3) is 0.364. The predicted molar refractivity (Wildman–Crippen MR) is 104 cm³/mol. The molecule has 0 bridgehead atoms. The lowest BCUT2D eigenvalue weighted by molar-refractivity contribution is -0.122. The van der Waals surface area contributed by atoms with Crippen molar-refractivity contribution in [3.8, 4) is 0 Å². The normalized spacial score (nSPS) is 12.0. The first kappa shape index (κ1) is 21.5. The number of amides is 2. The summed E-state index contributed by atoms with van der Waals surface area (Å²) < 4.78 is 26.5. The van der Waals surface area contributed by atoms with Crippen LogP contribution in [0.1, 0.15) is 49.7 Å². The molecule has 2 rings (SSSR count). The van der Waals surface area contributed by atoms with Gasteiger partial charge in [0.1, 0.15) is 11.6 Å². The quantitative estimate of drug-likeness (QED) is 0.606. The Hall–Kier alpha value is -2.76. The first-order valence-electron chi connectivity index (χ1n) is 9.41. The van der Waals surface area contributed by atoms with Crippen molar-refractivity contribution in [1.29, 1.82) is 0 Å². The lowest BCUT2D eigenvalue weighted by atomic mass is 9.87. The Labute approximate surface area is 164 Å². The topological polar surface area (TPSA) is 72.2 Å². The third kappa shape index (κ3) is 7.10. The van der Waals surface area contributed by atoms with Crippen LogP contribution in [-0.2, 0) is 9.59 Å². The monoisotopic (exact) mass is 388 g/mol. The van der Waals surface area contributed by atoms with Crippen molar-refractivity contribution in [2.75, 3.05) is 6.54 Å². The number of benzene rings is 2. The number of nitrogens with one attached hydrogen (secondary N) is 1. The predicted octanol–water partition coefficient (Wildman–Crippen LogP) is 3.89. The molecule has 0 spiro atoms. The fourth-order valence-corrected chi connectivity index (χ4v) is 3.25.